The molecule has 0 bridgehead atoms. The zero-order chi connectivity index (χ0) is 18.1. The molecule has 1 saturated heterocycles. The van der Waals surface area contributed by atoms with Crippen LogP contribution < -0.4 is 0 Å². The van der Waals surface area contributed by atoms with E-state index in [-0.39, 0.29) is 13.1 Å². The van der Waals surface area contributed by atoms with Gasteiger partial charge in [0.15, 0.2) is 0 Å². The van der Waals surface area contributed by atoms with Crippen LogP contribution in [0.2, 0.25) is 0 Å². The summed E-state index contributed by atoms with van der Waals surface area (Å²) in [5.74, 6) is -0.636. The maximum Gasteiger partial charge on any atom is 0.415 e. The summed E-state index contributed by atoms with van der Waals surface area (Å²) >= 11 is 1.81. The third-order valence-electron chi connectivity index (χ3n) is 3.38. The molecule has 0 spiro atoms. The average Bonchev–Trinajstić information content (AvgIpc) is 2.73. The second kappa shape index (κ2) is 6.58. The summed E-state index contributed by atoms with van der Waals surface area (Å²) in [4.78, 5) is 38.4. The smallest absolute Gasteiger partial charge is 0.415 e. The van der Waals surface area contributed by atoms with Crippen molar-refractivity contribution in [3.05, 3.63) is 35.9 Å². The number of carbonyl (C=O) groups is 3. The highest BCUT2D eigenvalue weighted by Gasteiger charge is 2.57. The number of ether oxygens (including phenoxy) is 1. The van der Waals surface area contributed by atoms with Crippen LogP contribution in [-0.4, -0.2) is 48.7 Å². The molecule has 1 unspecified atom stereocenters. The number of rotatable bonds is 3. The maximum absolute atomic E-state index is 12.7. The van der Waals surface area contributed by atoms with Crippen LogP contribution >= 0.6 is 22.6 Å². The fourth-order valence-electron chi connectivity index (χ4n) is 2.30. The van der Waals surface area contributed by atoms with Gasteiger partial charge in [-0.3, -0.25) is 4.90 Å². The molecule has 0 saturated carbocycles. The standard InChI is InChI=1S/C16H19IN2O5/c1-15(2,3)24-12(20)16(17)10-18(14(22)23)13(21)19(16)9-11-7-5-4-6-8-11/h4-8H,9-10H2,1-3H3,(H,22,23). The Morgan fingerprint density at radius 2 is 1.88 bits per heavy atom. The monoisotopic (exact) mass is 446 g/mol. The van der Waals surface area contributed by atoms with E-state index < -0.39 is 27.2 Å². The molecule has 0 aromatic heterocycles. The molecule has 1 N–H and O–H groups in total. The number of nitrogens with zero attached hydrogens (tertiary/aromatic N) is 2. The molecular formula is C16H19IN2O5. The average molecular weight is 446 g/mol. The molecule has 8 heteroatoms. The van der Waals surface area contributed by atoms with Crippen LogP contribution in [-0.2, 0) is 16.1 Å². The molecule has 1 fully saturated rings. The van der Waals surface area contributed by atoms with Gasteiger partial charge in [-0.25, -0.2) is 19.3 Å². The normalized spacial score (nSPS) is 21.1. The second-order valence-corrected chi connectivity index (χ2v) is 8.27. The fraction of sp³-hybridized carbons (Fsp3) is 0.438. The Morgan fingerprint density at radius 1 is 1.29 bits per heavy atom. The van der Waals surface area contributed by atoms with Crippen molar-refractivity contribution in [2.75, 3.05) is 6.54 Å². The first-order valence-electron chi connectivity index (χ1n) is 7.33. The van der Waals surface area contributed by atoms with E-state index in [1.807, 2.05) is 52.9 Å². The third kappa shape index (κ3) is 3.80. The minimum absolute atomic E-state index is 0.117. The summed E-state index contributed by atoms with van der Waals surface area (Å²) in [6.07, 6.45) is -1.39. The Kier molecular flexibility index (Phi) is 5.07. The Bertz CT molecular complexity index is 658. The summed E-state index contributed by atoms with van der Waals surface area (Å²) in [5, 5.41) is 9.24. The summed E-state index contributed by atoms with van der Waals surface area (Å²) in [6.45, 7) is 5.00. The van der Waals surface area contributed by atoms with Crippen molar-refractivity contribution in [2.45, 2.75) is 36.5 Å². The van der Waals surface area contributed by atoms with Gasteiger partial charge in [0.25, 0.3) is 0 Å². The lowest BCUT2D eigenvalue weighted by atomic mass is 10.1. The highest BCUT2D eigenvalue weighted by atomic mass is 127. The van der Waals surface area contributed by atoms with E-state index in [0.29, 0.717) is 4.90 Å². The molecule has 1 aromatic carbocycles. The molecule has 0 aliphatic carbocycles. The Labute approximate surface area is 153 Å². The van der Waals surface area contributed by atoms with Crippen LogP contribution in [0.1, 0.15) is 26.3 Å². The Hall–Kier alpha value is -1.84. The van der Waals surface area contributed by atoms with E-state index in [1.165, 1.54) is 4.90 Å². The second-order valence-electron chi connectivity index (χ2n) is 6.48. The van der Waals surface area contributed by atoms with E-state index in [2.05, 4.69) is 0 Å². The van der Waals surface area contributed by atoms with Crippen molar-refractivity contribution < 1.29 is 24.2 Å². The van der Waals surface area contributed by atoms with Gasteiger partial charge < -0.3 is 9.84 Å². The lowest BCUT2D eigenvalue weighted by Crippen LogP contribution is -2.50. The molecule has 7 nitrogen and oxygen atoms in total. The first kappa shape index (κ1) is 18.5. The number of esters is 1. The van der Waals surface area contributed by atoms with Crippen LogP contribution in [0.15, 0.2) is 30.3 Å². The summed E-state index contributed by atoms with van der Waals surface area (Å²) in [7, 11) is 0. The van der Waals surface area contributed by atoms with Crippen molar-refractivity contribution in [1.29, 1.82) is 0 Å². The van der Waals surface area contributed by atoms with Crippen molar-refractivity contribution >= 4 is 40.7 Å². The van der Waals surface area contributed by atoms with E-state index in [1.54, 1.807) is 20.8 Å². The highest BCUT2D eigenvalue weighted by molar-refractivity contribution is 14.1. The van der Waals surface area contributed by atoms with Crippen molar-refractivity contribution in [3.8, 4) is 0 Å². The van der Waals surface area contributed by atoms with Gasteiger partial charge >= 0.3 is 18.1 Å². The summed E-state index contributed by atoms with van der Waals surface area (Å²) in [6, 6.07) is 8.35. The van der Waals surface area contributed by atoms with E-state index >= 15 is 0 Å². The van der Waals surface area contributed by atoms with Gasteiger partial charge in [-0.05, 0) is 48.9 Å². The molecule has 24 heavy (non-hydrogen) atoms. The number of halogens is 1. The largest absolute Gasteiger partial charge is 0.465 e. The van der Waals surface area contributed by atoms with Gasteiger partial charge in [0, 0.05) is 6.54 Å². The molecule has 130 valence electrons. The molecule has 1 aromatic rings. The third-order valence-corrected chi connectivity index (χ3v) is 4.75. The van der Waals surface area contributed by atoms with Crippen LogP contribution in [0.3, 0.4) is 0 Å². The predicted molar refractivity (Wildman–Crippen MR) is 94.7 cm³/mol. The number of carboxylic acid groups (broad SMARTS) is 1. The Balaban J connectivity index is 2.36. The van der Waals surface area contributed by atoms with E-state index in [0.717, 1.165) is 5.56 Å². The van der Waals surface area contributed by atoms with Crippen LogP contribution in [0.5, 0.6) is 0 Å². The maximum atomic E-state index is 12.7. The van der Waals surface area contributed by atoms with Crippen LogP contribution in [0.4, 0.5) is 9.59 Å². The number of hydrogen-bond donors (Lipinski definition) is 1. The topological polar surface area (TPSA) is 87.1 Å². The van der Waals surface area contributed by atoms with Gasteiger partial charge in [-0.15, -0.1) is 0 Å². The van der Waals surface area contributed by atoms with Gasteiger partial charge in [-0.2, -0.15) is 0 Å². The molecule has 1 aliphatic heterocycles. The zero-order valence-electron chi connectivity index (χ0n) is 13.7. The number of imide groups is 1. The number of urea groups is 1. The molecular weight excluding hydrogens is 427 g/mol. The first-order valence-corrected chi connectivity index (χ1v) is 8.41. The van der Waals surface area contributed by atoms with E-state index in [9.17, 15) is 19.5 Å². The van der Waals surface area contributed by atoms with Gasteiger partial charge in [-0.1, -0.05) is 30.3 Å². The van der Waals surface area contributed by atoms with Gasteiger partial charge in [0.2, 0.25) is 3.55 Å². The number of benzene rings is 1. The molecule has 2 rings (SSSR count). The summed E-state index contributed by atoms with van der Waals surface area (Å²) < 4.78 is 4.00. The van der Waals surface area contributed by atoms with Crippen molar-refractivity contribution in [3.63, 3.8) is 0 Å². The van der Waals surface area contributed by atoms with E-state index in [4.69, 9.17) is 4.74 Å². The quantitative estimate of drug-likeness (QED) is 0.334. The number of hydrogen-bond acceptors (Lipinski definition) is 4. The lowest BCUT2D eigenvalue weighted by molar-refractivity contribution is -0.160. The lowest BCUT2D eigenvalue weighted by Gasteiger charge is -2.32. The van der Waals surface area contributed by atoms with Gasteiger partial charge in [0.1, 0.15) is 5.60 Å². The minimum atomic E-state index is -1.41. The SMILES string of the molecule is CC(C)(C)OC(=O)C1(I)CN(C(=O)O)C(=O)N1Cc1ccccc1. The number of amides is 3. The molecule has 1 atom stereocenters. The number of carbonyl (C=O) groups excluding carboxylic acids is 2. The molecule has 0 radical (unpaired) electrons. The fourth-order valence-corrected chi connectivity index (χ4v) is 3.13. The Morgan fingerprint density at radius 3 is 2.38 bits per heavy atom. The first-order chi connectivity index (χ1) is 11.0. The minimum Gasteiger partial charge on any atom is -0.465 e. The predicted octanol–water partition coefficient (Wildman–Crippen LogP) is 3.08. The molecule has 1 heterocycles. The number of alkyl halides is 1. The van der Waals surface area contributed by atoms with Crippen LogP contribution in [0.25, 0.3) is 0 Å². The van der Waals surface area contributed by atoms with Crippen molar-refractivity contribution in [2.24, 2.45) is 0 Å². The van der Waals surface area contributed by atoms with Crippen LogP contribution in [0, 0.1) is 0 Å². The highest BCUT2D eigenvalue weighted by Crippen LogP contribution is 2.37. The van der Waals surface area contributed by atoms with Gasteiger partial charge in [0.05, 0.1) is 6.54 Å². The molecule has 3 amide bonds. The summed E-state index contributed by atoms with van der Waals surface area (Å²) in [5.41, 5.74) is 0.0515. The molecule has 1 aliphatic rings. The zero-order valence-corrected chi connectivity index (χ0v) is 15.8. The van der Waals surface area contributed by atoms with Crippen molar-refractivity contribution in [1.82, 2.24) is 9.80 Å².